The van der Waals surface area contributed by atoms with Gasteiger partial charge in [-0.25, -0.2) is 18.2 Å². The minimum absolute atomic E-state index is 0.110. The van der Waals surface area contributed by atoms with Crippen molar-refractivity contribution in [3.05, 3.63) is 29.6 Å². The molecule has 0 aromatic carbocycles. The zero-order valence-electron chi connectivity index (χ0n) is 8.43. The highest BCUT2D eigenvalue weighted by Gasteiger charge is 2.10. The van der Waals surface area contributed by atoms with Crippen LogP contribution >= 0.6 is 0 Å². The van der Waals surface area contributed by atoms with Crippen LogP contribution in [0.1, 0.15) is 16.2 Å². The van der Waals surface area contributed by atoms with E-state index in [-0.39, 0.29) is 11.4 Å². The molecule has 1 rings (SSSR count). The molecule has 0 saturated heterocycles. The largest absolute Gasteiger partial charge is 0.464 e. The van der Waals surface area contributed by atoms with Crippen molar-refractivity contribution in [2.24, 2.45) is 0 Å². The minimum atomic E-state index is -3.14. The maximum Gasteiger partial charge on any atom is 0.356 e. The number of carbonyl (C=O) groups is 1. The van der Waals surface area contributed by atoms with Crippen LogP contribution in [0.4, 0.5) is 0 Å². The number of rotatable bonds is 3. The predicted molar refractivity (Wildman–Crippen MR) is 54.1 cm³/mol. The van der Waals surface area contributed by atoms with Crippen LogP contribution in [-0.4, -0.2) is 32.7 Å². The lowest BCUT2D eigenvalue weighted by Gasteiger charge is -2.01. The molecule has 0 aliphatic rings. The first kappa shape index (κ1) is 11.6. The molecule has 5 nitrogen and oxygen atoms in total. The number of ether oxygens (including phenoxy) is 1. The summed E-state index contributed by atoms with van der Waals surface area (Å²) < 4.78 is 26.5. The Bertz CT molecular complexity index is 467. The molecule has 1 aromatic heterocycles. The van der Waals surface area contributed by atoms with Crippen LogP contribution in [0.2, 0.25) is 0 Å². The quantitative estimate of drug-likeness (QED) is 0.702. The van der Waals surface area contributed by atoms with E-state index in [4.69, 9.17) is 0 Å². The molecule has 1 heterocycles. The topological polar surface area (TPSA) is 73.3 Å². The Morgan fingerprint density at radius 1 is 1.47 bits per heavy atom. The molecule has 0 spiro atoms. The third-order valence-corrected chi connectivity index (χ3v) is 2.43. The van der Waals surface area contributed by atoms with Crippen LogP contribution in [0, 0.1) is 0 Å². The van der Waals surface area contributed by atoms with Gasteiger partial charge in [0.1, 0.15) is 5.69 Å². The van der Waals surface area contributed by atoms with Crippen molar-refractivity contribution in [1.29, 1.82) is 0 Å². The van der Waals surface area contributed by atoms with Crippen LogP contribution < -0.4 is 0 Å². The van der Waals surface area contributed by atoms with Gasteiger partial charge >= 0.3 is 5.97 Å². The molecule has 0 bridgehead atoms. The summed E-state index contributed by atoms with van der Waals surface area (Å²) in [7, 11) is -1.90. The summed E-state index contributed by atoms with van der Waals surface area (Å²) in [5, 5.41) is 0. The summed E-state index contributed by atoms with van der Waals surface area (Å²) in [5.41, 5.74) is 0.444. The number of hydrogen-bond acceptors (Lipinski definition) is 5. The fourth-order valence-electron chi connectivity index (χ4n) is 1.05. The number of nitrogens with zero attached hydrogens (tertiary/aromatic N) is 1. The highest BCUT2D eigenvalue weighted by Crippen LogP contribution is 2.04. The zero-order valence-corrected chi connectivity index (χ0v) is 9.24. The Balaban J connectivity index is 2.98. The number of hydrogen-bond donors (Lipinski definition) is 0. The standard InChI is InChI=1S/C9H11NO4S/c1-14-9(11)8-5-3-4-7(10-8)6-15(2,12)13/h3-5H,6H2,1-2H3. The first-order chi connectivity index (χ1) is 6.92. The normalized spacial score (nSPS) is 11.1. The van der Waals surface area contributed by atoms with Gasteiger partial charge in [0.2, 0.25) is 0 Å². The second kappa shape index (κ2) is 4.39. The SMILES string of the molecule is COC(=O)c1cccc(CS(C)(=O)=O)n1. The van der Waals surface area contributed by atoms with Crippen LogP contribution in [0.25, 0.3) is 0 Å². The number of methoxy groups -OCH3 is 1. The second-order valence-corrected chi connectivity index (χ2v) is 5.22. The lowest BCUT2D eigenvalue weighted by atomic mass is 10.3. The van der Waals surface area contributed by atoms with Gasteiger partial charge in [-0.1, -0.05) is 6.07 Å². The second-order valence-electron chi connectivity index (χ2n) is 3.08. The maximum atomic E-state index is 11.1. The Hall–Kier alpha value is -1.43. The molecule has 15 heavy (non-hydrogen) atoms. The minimum Gasteiger partial charge on any atom is -0.464 e. The third-order valence-electron chi connectivity index (χ3n) is 1.61. The van der Waals surface area contributed by atoms with E-state index >= 15 is 0 Å². The zero-order chi connectivity index (χ0) is 11.5. The fraction of sp³-hybridized carbons (Fsp3) is 0.333. The van der Waals surface area contributed by atoms with Gasteiger partial charge in [-0.15, -0.1) is 0 Å². The first-order valence-electron chi connectivity index (χ1n) is 4.14. The van der Waals surface area contributed by atoms with Gasteiger partial charge in [0.25, 0.3) is 0 Å². The van der Waals surface area contributed by atoms with Gasteiger partial charge in [0.15, 0.2) is 9.84 Å². The van der Waals surface area contributed by atoms with Crippen molar-refractivity contribution in [3.63, 3.8) is 0 Å². The van der Waals surface area contributed by atoms with Gasteiger partial charge < -0.3 is 4.74 Å². The molecule has 6 heteroatoms. The summed E-state index contributed by atoms with van der Waals surface area (Å²) in [4.78, 5) is 15.0. The smallest absolute Gasteiger partial charge is 0.356 e. The van der Waals surface area contributed by atoms with E-state index in [9.17, 15) is 13.2 Å². The van der Waals surface area contributed by atoms with Crippen molar-refractivity contribution in [2.75, 3.05) is 13.4 Å². The van der Waals surface area contributed by atoms with Gasteiger partial charge in [0.05, 0.1) is 18.6 Å². The lowest BCUT2D eigenvalue weighted by Crippen LogP contribution is -2.08. The highest BCUT2D eigenvalue weighted by molar-refractivity contribution is 7.89. The Morgan fingerprint density at radius 2 is 2.13 bits per heavy atom. The number of sulfone groups is 1. The van der Waals surface area contributed by atoms with Gasteiger partial charge in [-0.05, 0) is 12.1 Å². The van der Waals surface area contributed by atoms with Crippen molar-refractivity contribution in [2.45, 2.75) is 5.75 Å². The Kier molecular flexibility index (Phi) is 3.41. The van der Waals surface area contributed by atoms with E-state index in [0.29, 0.717) is 5.69 Å². The average molecular weight is 229 g/mol. The maximum absolute atomic E-state index is 11.1. The van der Waals surface area contributed by atoms with E-state index in [0.717, 1.165) is 6.26 Å². The van der Waals surface area contributed by atoms with Crippen LogP contribution in [0.3, 0.4) is 0 Å². The number of carbonyl (C=O) groups excluding carboxylic acids is 1. The predicted octanol–water partition coefficient (Wildman–Crippen LogP) is 0.413. The monoisotopic (exact) mass is 229 g/mol. The summed E-state index contributed by atoms with van der Waals surface area (Å²) in [5.74, 6) is -0.761. The molecule has 0 saturated carbocycles. The Morgan fingerprint density at radius 3 is 2.67 bits per heavy atom. The Labute approximate surface area is 88.0 Å². The van der Waals surface area contributed by atoms with Crippen LogP contribution in [0.5, 0.6) is 0 Å². The molecule has 82 valence electrons. The molecule has 0 atom stereocenters. The molecule has 0 aliphatic carbocycles. The molecule has 1 aromatic rings. The molecular formula is C9H11NO4S. The van der Waals surface area contributed by atoms with E-state index in [2.05, 4.69) is 9.72 Å². The van der Waals surface area contributed by atoms with Crippen molar-refractivity contribution in [3.8, 4) is 0 Å². The van der Waals surface area contributed by atoms with Crippen molar-refractivity contribution in [1.82, 2.24) is 4.98 Å². The first-order valence-corrected chi connectivity index (χ1v) is 6.20. The van der Waals surface area contributed by atoms with E-state index in [1.54, 1.807) is 12.1 Å². The molecular weight excluding hydrogens is 218 g/mol. The van der Waals surface area contributed by atoms with E-state index in [1.807, 2.05) is 0 Å². The summed E-state index contributed by atoms with van der Waals surface area (Å²) in [6.07, 6.45) is 1.11. The lowest BCUT2D eigenvalue weighted by molar-refractivity contribution is 0.0593. The van der Waals surface area contributed by atoms with Gasteiger partial charge in [-0.2, -0.15) is 0 Å². The number of esters is 1. The number of aromatic nitrogens is 1. The summed E-state index contributed by atoms with van der Waals surface area (Å²) in [6.45, 7) is 0. The molecule has 0 aliphatic heterocycles. The molecule has 0 N–H and O–H groups in total. The summed E-state index contributed by atoms with van der Waals surface area (Å²) >= 11 is 0. The third kappa shape index (κ3) is 3.67. The van der Waals surface area contributed by atoms with Gasteiger partial charge in [-0.3, -0.25) is 0 Å². The molecule has 0 radical (unpaired) electrons. The van der Waals surface area contributed by atoms with E-state index in [1.165, 1.54) is 13.2 Å². The average Bonchev–Trinajstić information content (AvgIpc) is 2.14. The molecule has 0 amide bonds. The highest BCUT2D eigenvalue weighted by atomic mass is 32.2. The number of pyridine rings is 1. The molecule has 0 fully saturated rings. The van der Waals surface area contributed by atoms with Crippen LogP contribution in [-0.2, 0) is 20.3 Å². The fourth-order valence-corrected chi connectivity index (χ4v) is 1.74. The van der Waals surface area contributed by atoms with Crippen molar-refractivity contribution < 1.29 is 17.9 Å². The van der Waals surface area contributed by atoms with E-state index < -0.39 is 15.8 Å². The summed E-state index contributed by atoms with van der Waals surface area (Å²) in [6, 6.07) is 4.59. The van der Waals surface area contributed by atoms with Crippen LogP contribution in [0.15, 0.2) is 18.2 Å². The van der Waals surface area contributed by atoms with Crippen molar-refractivity contribution >= 4 is 15.8 Å². The van der Waals surface area contributed by atoms with Gasteiger partial charge in [0, 0.05) is 6.26 Å². The molecule has 0 unspecified atom stereocenters.